The molecule has 2 aromatic carbocycles. The minimum Gasteiger partial charge on any atom is -0.493 e. The average molecular weight is 368 g/mol. The summed E-state index contributed by atoms with van der Waals surface area (Å²) < 4.78 is 17.1. The lowest BCUT2D eigenvalue weighted by Gasteiger charge is -2.10. The number of ether oxygens (including phenoxy) is 3. The molecule has 3 rings (SSSR count). The van der Waals surface area contributed by atoms with Crippen molar-refractivity contribution in [3.05, 3.63) is 64.7 Å². The van der Waals surface area contributed by atoms with E-state index in [-0.39, 0.29) is 31.1 Å². The number of carbonyl (C=O) groups is 1. The Morgan fingerprint density at radius 2 is 1.85 bits per heavy atom. The Bertz CT molecular complexity index is 1010. The predicted octanol–water partition coefficient (Wildman–Crippen LogP) is 2.20. The molecule has 0 bridgehead atoms. The van der Waals surface area contributed by atoms with E-state index < -0.39 is 0 Å². The third-order valence-electron chi connectivity index (χ3n) is 4.12. The number of nitrogens with zero attached hydrogens (tertiary/aromatic N) is 2. The van der Waals surface area contributed by atoms with Crippen LogP contribution < -0.4 is 15.0 Å². The second kappa shape index (κ2) is 8.35. The van der Waals surface area contributed by atoms with Crippen LogP contribution in [0.1, 0.15) is 5.56 Å². The Labute approximate surface area is 156 Å². The molecule has 0 saturated carbocycles. The number of benzene rings is 2. The van der Waals surface area contributed by atoms with Crippen molar-refractivity contribution >= 4 is 16.9 Å². The maximum atomic E-state index is 12.4. The number of methoxy groups -OCH3 is 2. The first kappa shape index (κ1) is 18.4. The highest BCUT2D eigenvalue weighted by molar-refractivity contribution is 5.77. The van der Waals surface area contributed by atoms with E-state index in [2.05, 4.69) is 4.98 Å². The molecule has 0 aliphatic heterocycles. The minimum absolute atomic E-state index is 0.0893. The minimum atomic E-state index is -0.385. The fraction of sp³-hybridized carbons (Fsp3) is 0.250. The van der Waals surface area contributed by atoms with Crippen molar-refractivity contribution in [2.45, 2.75) is 13.0 Å². The van der Waals surface area contributed by atoms with Crippen molar-refractivity contribution in [1.82, 2.24) is 9.55 Å². The van der Waals surface area contributed by atoms with Gasteiger partial charge in [-0.25, -0.2) is 4.98 Å². The highest BCUT2D eigenvalue weighted by Gasteiger charge is 2.10. The number of rotatable bonds is 7. The number of aromatic nitrogens is 2. The molecule has 1 aromatic heterocycles. The fourth-order valence-corrected chi connectivity index (χ4v) is 2.73. The van der Waals surface area contributed by atoms with Crippen LogP contribution in [-0.2, 0) is 22.5 Å². The SMILES string of the molecule is COc1ccc(CC(=O)OCCn2cnc3ccccc3c2=O)cc1OC. The molecular weight excluding hydrogens is 348 g/mol. The summed E-state index contributed by atoms with van der Waals surface area (Å²) in [6.07, 6.45) is 1.57. The first-order valence-corrected chi connectivity index (χ1v) is 8.43. The van der Waals surface area contributed by atoms with Crippen molar-refractivity contribution in [3.63, 3.8) is 0 Å². The van der Waals surface area contributed by atoms with Crippen molar-refractivity contribution in [1.29, 1.82) is 0 Å². The molecule has 0 radical (unpaired) electrons. The van der Waals surface area contributed by atoms with Crippen LogP contribution in [0.25, 0.3) is 10.9 Å². The lowest BCUT2D eigenvalue weighted by atomic mass is 10.1. The van der Waals surface area contributed by atoms with Crippen LogP contribution >= 0.6 is 0 Å². The Morgan fingerprint density at radius 3 is 2.63 bits per heavy atom. The van der Waals surface area contributed by atoms with Gasteiger partial charge in [0.2, 0.25) is 0 Å². The normalized spacial score (nSPS) is 10.6. The topological polar surface area (TPSA) is 79.7 Å². The van der Waals surface area contributed by atoms with E-state index in [1.807, 2.05) is 6.07 Å². The van der Waals surface area contributed by atoms with Crippen molar-refractivity contribution < 1.29 is 19.0 Å². The Balaban J connectivity index is 1.59. The number of hydrogen-bond donors (Lipinski definition) is 0. The van der Waals surface area contributed by atoms with E-state index in [0.717, 1.165) is 5.56 Å². The summed E-state index contributed by atoms with van der Waals surface area (Å²) >= 11 is 0. The van der Waals surface area contributed by atoms with Crippen LogP contribution in [0.5, 0.6) is 11.5 Å². The van der Waals surface area contributed by atoms with Gasteiger partial charge in [0.1, 0.15) is 6.61 Å². The summed E-state index contributed by atoms with van der Waals surface area (Å²) in [5, 5.41) is 0.539. The molecule has 140 valence electrons. The molecule has 0 amide bonds. The van der Waals surface area contributed by atoms with E-state index in [9.17, 15) is 9.59 Å². The van der Waals surface area contributed by atoms with Crippen molar-refractivity contribution in [3.8, 4) is 11.5 Å². The van der Waals surface area contributed by atoms with Gasteiger partial charge in [-0.2, -0.15) is 0 Å². The molecule has 7 heteroatoms. The van der Waals surface area contributed by atoms with Gasteiger partial charge in [0, 0.05) is 0 Å². The lowest BCUT2D eigenvalue weighted by Crippen LogP contribution is -2.23. The highest BCUT2D eigenvalue weighted by atomic mass is 16.5. The Morgan fingerprint density at radius 1 is 1.07 bits per heavy atom. The zero-order chi connectivity index (χ0) is 19.2. The monoisotopic (exact) mass is 368 g/mol. The van der Waals surface area contributed by atoms with Crippen LogP contribution in [0.15, 0.2) is 53.6 Å². The second-order valence-corrected chi connectivity index (χ2v) is 5.85. The average Bonchev–Trinajstić information content (AvgIpc) is 2.69. The number of para-hydroxylation sites is 1. The van der Waals surface area contributed by atoms with Crippen molar-refractivity contribution in [2.24, 2.45) is 0 Å². The van der Waals surface area contributed by atoms with Gasteiger partial charge in [0.15, 0.2) is 11.5 Å². The van der Waals surface area contributed by atoms with Crippen molar-refractivity contribution in [2.75, 3.05) is 20.8 Å². The number of carbonyl (C=O) groups excluding carboxylic acids is 1. The largest absolute Gasteiger partial charge is 0.493 e. The quantitative estimate of drug-likeness (QED) is 0.595. The fourth-order valence-electron chi connectivity index (χ4n) is 2.73. The van der Waals surface area contributed by atoms with E-state index in [0.29, 0.717) is 22.4 Å². The summed E-state index contributed by atoms with van der Waals surface area (Å²) in [6.45, 7) is 0.334. The third kappa shape index (κ3) is 4.25. The molecule has 0 aliphatic carbocycles. The van der Waals surface area contributed by atoms with Crippen LogP contribution in [0.3, 0.4) is 0 Å². The van der Waals surface area contributed by atoms with Gasteiger partial charge in [-0.05, 0) is 29.8 Å². The summed E-state index contributed by atoms with van der Waals surface area (Å²) in [5.74, 6) is 0.762. The molecule has 0 atom stereocenters. The van der Waals surface area contributed by atoms with E-state index >= 15 is 0 Å². The van der Waals surface area contributed by atoms with Gasteiger partial charge >= 0.3 is 5.97 Å². The zero-order valence-electron chi connectivity index (χ0n) is 15.2. The van der Waals surface area contributed by atoms with Gasteiger partial charge < -0.3 is 14.2 Å². The molecule has 27 heavy (non-hydrogen) atoms. The van der Waals surface area contributed by atoms with Gasteiger partial charge in [0.25, 0.3) is 5.56 Å². The number of hydrogen-bond acceptors (Lipinski definition) is 6. The first-order valence-electron chi connectivity index (χ1n) is 8.43. The lowest BCUT2D eigenvalue weighted by molar-refractivity contribution is -0.143. The number of esters is 1. The molecular formula is C20H20N2O5. The second-order valence-electron chi connectivity index (χ2n) is 5.85. The summed E-state index contributed by atoms with van der Waals surface area (Å²) in [4.78, 5) is 28.7. The van der Waals surface area contributed by atoms with Crippen LogP contribution in [-0.4, -0.2) is 36.3 Å². The number of fused-ring (bicyclic) bond motifs is 1. The standard InChI is InChI=1S/C20H20N2O5/c1-25-17-8-7-14(11-18(17)26-2)12-19(23)27-10-9-22-13-21-16-6-4-3-5-15(16)20(22)24/h3-8,11,13H,9-10,12H2,1-2H3. The zero-order valence-corrected chi connectivity index (χ0v) is 15.2. The molecule has 3 aromatic rings. The molecule has 0 aliphatic rings. The van der Waals surface area contributed by atoms with Gasteiger partial charge in [-0.15, -0.1) is 0 Å². The first-order chi connectivity index (χ1) is 13.1. The van der Waals surface area contributed by atoms with E-state index in [4.69, 9.17) is 14.2 Å². The van der Waals surface area contributed by atoms with E-state index in [1.165, 1.54) is 18.0 Å². The molecule has 1 heterocycles. The molecule has 0 saturated heterocycles. The summed E-state index contributed by atoms with van der Waals surface area (Å²) in [5.41, 5.74) is 1.24. The van der Waals surface area contributed by atoms with Crippen LogP contribution in [0.4, 0.5) is 0 Å². The molecule has 7 nitrogen and oxygen atoms in total. The predicted molar refractivity (Wildman–Crippen MR) is 100 cm³/mol. The van der Waals surface area contributed by atoms with Gasteiger partial charge in [0.05, 0.1) is 44.4 Å². The summed E-state index contributed by atoms with van der Waals surface area (Å²) in [7, 11) is 3.09. The Kier molecular flexibility index (Phi) is 5.71. The van der Waals surface area contributed by atoms with Crippen LogP contribution in [0, 0.1) is 0 Å². The maximum absolute atomic E-state index is 12.4. The third-order valence-corrected chi connectivity index (χ3v) is 4.12. The maximum Gasteiger partial charge on any atom is 0.310 e. The molecule has 0 N–H and O–H groups in total. The smallest absolute Gasteiger partial charge is 0.310 e. The molecule has 0 fully saturated rings. The van der Waals surface area contributed by atoms with Gasteiger partial charge in [-0.1, -0.05) is 18.2 Å². The van der Waals surface area contributed by atoms with E-state index in [1.54, 1.807) is 43.5 Å². The van der Waals surface area contributed by atoms with Gasteiger partial charge in [-0.3, -0.25) is 14.2 Å². The Hall–Kier alpha value is -3.35. The molecule has 0 spiro atoms. The van der Waals surface area contributed by atoms with Crippen LogP contribution in [0.2, 0.25) is 0 Å². The highest BCUT2D eigenvalue weighted by Crippen LogP contribution is 2.27. The summed E-state index contributed by atoms with van der Waals surface area (Å²) in [6, 6.07) is 12.4. The molecule has 0 unspecified atom stereocenters.